The molecule has 6 heteroatoms. The van der Waals surface area contributed by atoms with Crippen LogP contribution in [0.2, 0.25) is 0 Å². The standard InChI is InChI=1S/C15H26N4O2/c1-12-14(10-16-19(12)3)17-15(20)11-18(2)8-7-13-6-4-5-9-21-13/h10,13H,4-9,11H2,1-3H3,(H,17,20)/t13-/m0/s1. The van der Waals surface area contributed by atoms with Gasteiger partial charge in [-0.25, -0.2) is 0 Å². The van der Waals surface area contributed by atoms with Gasteiger partial charge in [0.2, 0.25) is 5.91 Å². The summed E-state index contributed by atoms with van der Waals surface area (Å²) in [6, 6.07) is 0. The molecule has 0 bridgehead atoms. The van der Waals surface area contributed by atoms with Gasteiger partial charge in [0.25, 0.3) is 0 Å². The van der Waals surface area contributed by atoms with Crippen molar-refractivity contribution < 1.29 is 9.53 Å². The Hall–Kier alpha value is -1.40. The summed E-state index contributed by atoms with van der Waals surface area (Å²) in [5, 5.41) is 7.02. The molecule has 1 amide bonds. The zero-order valence-corrected chi connectivity index (χ0v) is 13.3. The number of aromatic nitrogens is 2. The fraction of sp³-hybridized carbons (Fsp3) is 0.733. The fourth-order valence-corrected chi connectivity index (χ4v) is 2.53. The minimum absolute atomic E-state index is 0.00170. The van der Waals surface area contributed by atoms with Crippen LogP contribution in [0, 0.1) is 6.92 Å². The van der Waals surface area contributed by atoms with Gasteiger partial charge in [-0.1, -0.05) is 0 Å². The van der Waals surface area contributed by atoms with E-state index in [1.165, 1.54) is 12.8 Å². The topological polar surface area (TPSA) is 59.4 Å². The fourth-order valence-electron chi connectivity index (χ4n) is 2.53. The number of ether oxygens (including phenoxy) is 1. The third-order valence-corrected chi connectivity index (χ3v) is 4.03. The molecule has 21 heavy (non-hydrogen) atoms. The number of hydrogen-bond acceptors (Lipinski definition) is 4. The highest BCUT2D eigenvalue weighted by atomic mass is 16.5. The van der Waals surface area contributed by atoms with Crippen LogP contribution in [0.15, 0.2) is 6.20 Å². The third kappa shape index (κ3) is 4.82. The molecule has 1 N–H and O–H groups in total. The summed E-state index contributed by atoms with van der Waals surface area (Å²) >= 11 is 0. The molecular weight excluding hydrogens is 268 g/mol. The molecule has 1 aromatic heterocycles. The Labute approximate surface area is 126 Å². The Morgan fingerprint density at radius 2 is 2.38 bits per heavy atom. The molecule has 2 heterocycles. The van der Waals surface area contributed by atoms with Gasteiger partial charge in [-0.3, -0.25) is 14.4 Å². The number of hydrogen-bond donors (Lipinski definition) is 1. The summed E-state index contributed by atoms with van der Waals surface area (Å²) in [6.45, 7) is 4.09. The van der Waals surface area contributed by atoms with E-state index in [4.69, 9.17) is 4.74 Å². The number of aryl methyl sites for hydroxylation is 1. The summed E-state index contributed by atoms with van der Waals surface area (Å²) in [5.41, 5.74) is 1.74. The largest absolute Gasteiger partial charge is 0.378 e. The van der Waals surface area contributed by atoms with Gasteiger partial charge in [0.15, 0.2) is 0 Å². The van der Waals surface area contributed by atoms with Crippen molar-refractivity contribution in [3.63, 3.8) is 0 Å². The molecular formula is C15H26N4O2. The van der Waals surface area contributed by atoms with Gasteiger partial charge in [-0.15, -0.1) is 0 Å². The highest BCUT2D eigenvalue weighted by molar-refractivity contribution is 5.92. The van der Waals surface area contributed by atoms with Gasteiger partial charge in [0, 0.05) is 20.2 Å². The molecule has 1 aromatic rings. The molecule has 1 atom stereocenters. The number of likely N-dealkylation sites (N-methyl/N-ethyl adjacent to an activating group) is 1. The molecule has 1 aliphatic heterocycles. The second kappa shape index (κ2) is 7.56. The van der Waals surface area contributed by atoms with E-state index in [0.717, 1.165) is 37.4 Å². The SMILES string of the molecule is Cc1c(NC(=O)CN(C)CC[C@@H]2CCCCO2)cnn1C. The predicted molar refractivity (Wildman–Crippen MR) is 82.3 cm³/mol. The van der Waals surface area contributed by atoms with E-state index in [2.05, 4.69) is 10.4 Å². The van der Waals surface area contributed by atoms with Crippen LogP contribution < -0.4 is 5.32 Å². The lowest BCUT2D eigenvalue weighted by Gasteiger charge is -2.24. The number of nitrogens with one attached hydrogen (secondary N) is 1. The van der Waals surface area contributed by atoms with Crippen LogP contribution in [0.1, 0.15) is 31.4 Å². The predicted octanol–water partition coefficient (Wildman–Crippen LogP) is 1.56. The smallest absolute Gasteiger partial charge is 0.238 e. The summed E-state index contributed by atoms with van der Waals surface area (Å²) in [4.78, 5) is 14.1. The van der Waals surface area contributed by atoms with Crippen molar-refractivity contribution in [3.05, 3.63) is 11.9 Å². The van der Waals surface area contributed by atoms with Crippen LogP contribution in [0.25, 0.3) is 0 Å². The molecule has 1 saturated heterocycles. The van der Waals surface area contributed by atoms with E-state index in [-0.39, 0.29) is 5.91 Å². The van der Waals surface area contributed by atoms with E-state index in [9.17, 15) is 4.79 Å². The second-order valence-electron chi connectivity index (χ2n) is 5.83. The zero-order valence-electron chi connectivity index (χ0n) is 13.3. The number of nitrogens with zero attached hydrogens (tertiary/aromatic N) is 3. The van der Waals surface area contributed by atoms with Gasteiger partial charge in [-0.05, 0) is 39.7 Å². The highest BCUT2D eigenvalue weighted by Gasteiger charge is 2.15. The number of amides is 1. The van der Waals surface area contributed by atoms with Crippen molar-refractivity contribution in [2.24, 2.45) is 7.05 Å². The van der Waals surface area contributed by atoms with E-state index >= 15 is 0 Å². The summed E-state index contributed by atoms with van der Waals surface area (Å²) in [7, 11) is 3.83. The van der Waals surface area contributed by atoms with Crippen LogP contribution in [0.4, 0.5) is 5.69 Å². The normalized spacial score (nSPS) is 19.0. The second-order valence-corrected chi connectivity index (χ2v) is 5.83. The Morgan fingerprint density at radius 3 is 3.00 bits per heavy atom. The summed E-state index contributed by atoms with van der Waals surface area (Å²) < 4.78 is 7.46. The first kappa shape index (κ1) is 16.0. The minimum atomic E-state index is -0.00170. The Morgan fingerprint density at radius 1 is 1.57 bits per heavy atom. The average molecular weight is 294 g/mol. The van der Waals surface area contributed by atoms with E-state index in [1.807, 2.05) is 25.9 Å². The maximum atomic E-state index is 12.0. The minimum Gasteiger partial charge on any atom is -0.378 e. The molecule has 2 rings (SSSR count). The Kier molecular flexibility index (Phi) is 5.76. The van der Waals surface area contributed by atoms with Gasteiger partial charge in [-0.2, -0.15) is 5.10 Å². The third-order valence-electron chi connectivity index (χ3n) is 4.03. The zero-order chi connectivity index (χ0) is 15.2. The van der Waals surface area contributed by atoms with Crippen molar-refractivity contribution in [2.75, 3.05) is 32.1 Å². The van der Waals surface area contributed by atoms with E-state index < -0.39 is 0 Å². The van der Waals surface area contributed by atoms with E-state index in [1.54, 1.807) is 10.9 Å². The highest BCUT2D eigenvalue weighted by Crippen LogP contribution is 2.16. The first-order valence-electron chi connectivity index (χ1n) is 7.65. The molecule has 0 saturated carbocycles. The molecule has 0 unspecified atom stereocenters. The van der Waals surface area contributed by atoms with Crippen molar-refractivity contribution >= 4 is 11.6 Å². The van der Waals surface area contributed by atoms with Crippen LogP contribution in [0.5, 0.6) is 0 Å². The average Bonchev–Trinajstić information content (AvgIpc) is 2.78. The first-order valence-corrected chi connectivity index (χ1v) is 7.65. The quantitative estimate of drug-likeness (QED) is 0.865. The number of carbonyl (C=O) groups excluding carboxylic acids is 1. The van der Waals surface area contributed by atoms with Crippen molar-refractivity contribution in [3.8, 4) is 0 Å². The van der Waals surface area contributed by atoms with Crippen molar-refractivity contribution in [1.82, 2.24) is 14.7 Å². The van der Waals surface area contributed by atoms with Crippen LogP contribution >= 0.6 is 0 Å². The maximum absolute atomic E-state index is 12.0. The molecule has 0 spiro atoms. The van der Waals surface area contributed by atoms with Gasteiger partial charge in [0.05, 0.1) is 30.2 Å². The lowest BCUT2D eigenvalue weighted by atomic mass is 10.1. The lowest BCUT2D eigenvalue weighted by Crippen LogP contribution is -2.33. The molecule has 1 aliphatic rings. The van der Waals surface area contributed by atoms with Crippen molar-refractivity contribution in [2.45, 2.75) is 38.7 Å². The Balaban J connectivity index is 1.70. The molecule has 0 radical (unpaired) electrons. The van der Waals surface area contributed by atoms with Gasteiger partial charge >= 0.3 is 0 Å². The lowest BCUT2D eigenvalue weighted by molar-refractivity contribution is -0.117. The maximum Gasteiger partial charge on any atom is 0.238 e. The Bertz CT molecular complexity index is 466. The van der Waals surface area contributed by atoms with E-state index in [0.29, 0.717) is 12.6 Å². The van der Waals surface area contributed by atoms with Crippen LogP contribution in [0.3, 0.4) is 0 Å². The molecule has 0 aromatic carbocycles. The van der Waals surface area contributed by atoms with Crippen molar-refractivity contribution in [1.29, 1.82) is 0 Å². The number of anilines is 1. The monoisotopic (exact) mass is 294 g/mol. The molecule has 118 valence electrons. The molecule has 1 fully saturated rings. The summed E-state index contributed by atoms with van der Waals surface area (Å²) in [5.74, 6) is -0.00170. The van der Waals surface area contributed by atoms with Gasteiger partial charge in [0.1, 0.15) is 0 Å². The number of carbonyl (C=O) groups is 1. The summed E-state index contributed by atoms with van der Waals surface area (Å²) in [6.07, 6.45) is 6.63. The molecule has 6 nitrogen and oxygen atoms in total. The van der Waals surface area contributed by atoms with Gasteiger partial charge < -0.3 is 10.1 Å². The van der Waals surface area contributed by atoms with Crippen LogP contribution in [-0.2, 0) is 16.6 Å². The molecule has 0 aliphatic carbocycles. The first-order chi connectivity index (χ1) is 10.1. The number of rotatable bonds is 6. The van der Waals surface area contributed by atoms with Crippen LogP contribution in [-0.4, -0.2) is 53.4 Å².